The Kier molecular flexibility index (Phi) is 16.1. The van der Waals surface area contributed by atoms with Crippen LogP contribution in [0.25, 0.3) is 67.7 Å². The third kappa shape index (κ3) is 11.7. The van der Waals surface area contributed by atoms with Crippen LogP contribution >= 0.6 is 0 Å². The van der Waals surface area contributed by atoms with Crippen molar-refractivity contribution in [2.75, 3.05) is 130 Å². The number of nitrogens with zero attached hydrogens (tertiary/aromatic N) is 11. The number of carbonyl (C=O) groups is 6. The molecule has 0 bridgehead atoms. The highest BCUT2D eigenvalue weighted by atomic mass is 19.1. The van der Waals surface area contributed by atoms with Gasteiger partial charge in [-0.3, -0.25) is 58.3 Å². The van der Waals surface area contributed by atoms with Gasteiger partial charge in [-0.15, -0.1) is 0 Å². The number of aryl methyl sites for hydroxylation is 1. The van der Waals surface area contributed by atoms with E-state index in [2.05, 4.69) is 114 Å². The van der Waals surface area contributed by atoms with E-state index in [1.165, 1.54) is 4.57 Å². The minimum atomic E-state index is -0.731. The molecule has 5 aromatic heterocycles. The lowest BCUT2D eigenvalue weighted by molar-refractivity contribution is -0.136. The van der Waals surface area contributed by atoms with Crippen molar-refractivity contribution in [1.29, 1.82) is 0 Å². The largest absolute Gasteiger partial charge is 0.374 e. The number of aromatic amines is 2. The van der Waals surface area contributed by atoms with Crippen molar-refractivity contribution in [3.8, 4) is 56.7 Å². The molecule has 8 aliphatic heterocycles. The molecule has 26 heteroatoms. The smallest absolute Gasteiger partial charge is 0.329 e. The zero-order valence-electron chi connectivity index (χ0n) is 61.1. The molecular formula is C83H87FN18O7. The molecule has 25 nitrogen and oxygen atoms in total. The Morgan fingerprint density at radius 2 is 1.10 bits per heavy atom. The zero-order valence-corrected chi connectivity index (χ0v) is 61.1. The topological polar surface area (TPSA) is 279 Å². The highest BCUT2D eigenvalue weighted by Gasteiger charge is 2.52. The number of nitrogens with one attached hydrogen (secondary N) is 7. The summed E-state index contributed by atoms with van der Waals surface area (Å²) in [5.41, 5.74) is 15.6. The molecule has 8 fully saturated rings. The summed E-state index contributed by atoms with van der Waals surface area (Å²) < 4.78 is 21.6. The number of pyridine rings is 1. The first kappa shape index (κ1) is 67.4. The average molecular weight is 1470 g/mol. The number of imide groups is 2. The molecule has 3 aliphatic carbocycles. The first-order valence-corrected chi connectivity index (χ1v) is 39.1. The molecule has 2 saturated carbocycles. The third-order valence-corrected chi connectivity index (χ3v) is 25.9. The number of imidazole rings is 1. The van der Waals surface area contributed by atoms with Crippen molar-refractivity contribution < 1.29 is 33.2 Å². The van der Waals surface area contributed by atoms with Crippen LogP contribution in [0.5, 0.6) is 0 Å². The van der Waals surface area contributed by atoms with E-state index in [1.807, 2.05) is 54.6 Å². The van der Waals surface area contributed by atoms with Crippen molar-refractivity contribution in [2.24, 2.45) is 18.9 Å². The molecule has 0 radical (unpaired) electrons. The molecule has 4 aromatic carbocycles. The second-order valence-corrected chi connectivity index (χ2v) is 32.5. The summed E-state index contributed by atoms with van der Waals surface area (Å²) in [7, 11) is 1.73. The number of benzene rings is 4. The number of anilines is 5. The maximum Gasteiger partial charge on any atom is 0.329 e. The van der Waals surface area contributed by atoms with E-state index in [-0.39, 0.29) is 64.6 Å². The summed E-state index contributed by atoms with van der Waals surface area (Å²) in [6.07, 6.45) is 8.19. The van der Waals surface area contributed by atoms with Gasteiger partial charge in [0.05, 0.1) is 50.6 Å². The number of aromatic nitrogens is 7. The monoisotopic (exact) mass is 1470 g/mol. The van der Waals surface area contributed by atoms with Gasteiger partial charge >= 0.3 is 5.69 Å². The van der Waals surface area contributed by atoms with Crippen LogP contribution in [0.4, 0.5) is 32.8 Å². The van der Waals surface area contributed by atoms with Crippen LogP contribution in [0.15, 0.2) is 108 Å². The van der Waals surface area contributed by atoms with Gasteiger partial charge in [-0.1, -0.05) is 25.0 Å². The summed E-state index contributed by atoms with van der Waals surface area (Å²) in [6, 6.07) is 33.5. The molecule has 9 aromatic rings. The van der Waals surface area contributed by atoms with Gasteiger partial charge < -0.3 is 45.5 Å². The third-order valence-electron chi connectivity index (χ3n) is 25.9. The molecule has 6 saturated heterocycles. The van der Waals surface area contributed by atoms with E-state index < -0.39 is 23.8 Å². The normalized spacial score (nSPS) is 21.9. The Labute approximate surface area is 628 Å². The van der Waals surface area contributed by atoms with Crippen LogP contribution in [-0.4, -0.2) is 190 Å². The number of hydrogen-bond acceptors (Lipinski definition) is 17. The van der Waals surface area contributed by atoms with Crippen LogP contribution in [0, 0.1) is 17.7 Å². The number of hydrogen-bond donors (Lipinski definition) is 7. The van der Waals surface area contributed by atoms with Crippen LogP contribution in [0.2, 0.25) is 0 Å². The van der Waals surface area contributed by atoms with Gasteiger partial charge in [-0.05, 0) is 153 Å². The average Bonchev–Trinajstić information content (AvgIpc) is 1.56. The maximum absolute atomic E-state index is 18.5. The quantitative estimate of drug-likeness (QED) is 0.0482. The number of halogens is 1. The van der Waals surface area contributed by atoms with Crippen LogP contribution in [-0.2, 0) is 49.9 Å². The highest BCUT2D eigenvalue weighted by Crippen LogP contribution is 2.54. The number of piperazine rings is 2. The van der Waals surface area contributed by atoms with Crippen molar-refractivity contribution >= 4 is 74.9 Å². The first-order chi connectivity index (χ1) is 53.0. The standard InChI is InChI=1S/C83H87FN18O7/c1-95-65-36-55(16-20-63(65)102(81(95)109)64-21-23-67(104)92-79(64)107)101-43-48(44-101)40-97-28-32-98(33-29-97)52-10-4-49(5-11-52)71-70(84)68-56(17-18-57-69-75(94-73(57)68)83(26-27-83)46-86-80(69)108)72(93-71)62-38-61(60-37-58-74(88-60)82(24-2-3-25-82)45-85-77(58)105)89-76(90-62)50-6-12-53(13-7-50)99-34-30-96(31-35-99)39-47-41-100(42-47)54-14-8-51(9-15-54)87-59-19-22-66(103)91-78(59)106/h4-16,20,36-38,47-48,59,64,87-88,94H,2-3,17-19,21-35,39-46H2,1H3,(H,85,105)(H,86,108)(H,91,103,106)(H,92,104,107). The first-order valence-electron chi connectivity index (χ1n) is 39.1. The van der Waals surface area contributed by atoms with Crippen molar-refractivity contribution in [1.82, 2.24) is 65.1 Å². The fourth-order valence-corrected chi connectivity index (χ4v) is 19.5. The minimum absolute atomic E-state index is 0.110. The number of piperidine rings is 2. The second-order valence-electron chi connectivity index (χ2n) is 32.5. The number of H-pyrrole nitrogens is 2. The second kappa shape index (κ2) is 26.1. The van der Waals surface area contributed by atoms with Crippen LogP contribution in [0.1, 0.15) is 113 Å². The van der Waals surface area contributed by atoms with E-state index >= 15 is 4.39 Å². The summed E-state index contributed by atoms with van der Waals surface area (Å²) in [5, 5.41) is 14.5. The van der Waals surface area contributed by atoms with Crippen LogP contribution < -0.4 is 51.9 Å². The minimum Gasteiger partial charge on any atom is -0.374 e. The molecule has 2 atom stereocenters. The predicted octanol–water partition coefficient (Wildman–Crippen LogP) is 7.80. The SMILES string of the molecule is Cn1c(=O)n(C2CCC(=O)NC2=O)c2ccc(N3CC(CN4CCN(c5ccc(-c6nc(-c7cc(-c8cc9c([nH]8)C8(CCCC8)CNC9=O)nc(-c8ccc(N9CCN(CC%10CN(c%11ccc(NC%12CCC(=O)NC%12=O)cc%11)C%10)CC9)cc8)n7)c7c(c6F)-c6[nH]c8c(c6CC7)C(=O)NCC86CC6)cc5)CC4)C3)cc21. The Bertz CT molecular complexity index is 5310. The molecule has 2 unspecified atom stereocenters. The zero-order chi connectivity index (χ0) is 73.7. The molecule has 20 rings (SSSR count). The van der Waals surface area contributed by atoms with E-state index in [1.54, 1.807) is 11.6 Å². The maximum atomic E-state index is 18.5. The molecule has 13 heterocycles. The lowest BCUT2D eigenvalue weighted by atomic mass is 9.78. The van der Waals surface area contributed by atoms with E-state index in [0.29, 0.717) is 118 Å². The molecule has 109 heavy (non-hydrogen) atoms. The van der Waals surface area contributed by atoms with Crippen molar-refractivity contribution in [3.05, 3.63) is 153 Å². The molecule has 558 valence electrons. The molecular weight excluding hydrogens is 1380 g/mol. The number of fused-ring (bicyclic) bond motifs is 9. The Morgan fingerprint density at radius 3 is 1.75 bits per heavy atom. The molecule has 6 amide bonds. The van der Waals surface area contributed by atoms with Gasteiger partial charge in [0.25, 0.3) is 11.8 Å². The fourth-order valence-electron chi connectivity index (χ4n) is 19.5. The summed E-state index contributed by atoms with van der Waals surface area (Å²) >= 11 is 0. The molecule has 11 aliphatic rings. The van der Waals surface area contributed by atoms with Gasteiger partial charge in [-0.2, -0.15) is 0 Å². The van der Waals surface area contributed by atoms with E-state index in [4.69, 9.17) is 15.0 Å². The van der Waals surface area contributed by atoms with E-state index in [9.17, 15) is 33.6 Å². The summed E-state index contributed by atoms with van der Waals surface area (Å²) in [5.74, 6) is -0.460. The summed E-state index contributed by atoms with van der Waals surface area (Å²) in [6.45, 7) is 13.9. The van der Waals surface area contributed by atoms with Crippen LogP contribution in [0.3, 0.4) is 0 Å². The number of rotatable bonds is 15. The molecule has 2 spiro atoms. The Morgan fingerprint density at radius 1 is 0.523 bits per heavy atom. The predicted molar refractivity (Wildman–Crippen MR) is 412 cm³/mol. The molecule has 7 N–H and O–H groups in total. The Hall–Kier alpha value is -11.0. The number of amides is 6. The lowest BCUT2D eigenvalue weighted by Gasteiger charge is -2.45. The van der Waals surface area contributed by atoms with Gasteiger partial charge in [0.1, 0.15) is 17.8 Å². The Balaban J connectivity index is 0.559. The fraction of sp³-hybridized carbons (Fsp3) is 0.422. The lowest BCUT2D eigenvalue weighted by Crippen LogP contribution is -2.55. The summed E-state index contributed by atoms with van der Waals surface area (Å²) in [4.78, 5) is 128. The van der Waals surface area contributed by atoms with Crippen molar-refractivity contribution in [3.63, 3.8) is 0 Å². The van der Waals surface area contributed by atoms with Crippen molar-refractivity contribution in [2.45, 2.75) is 100.0 Å². The van der Waals surface area contributed by atoms with E-state index in [0.717, 1.165) is 187 Å². The van der Waals surface area contributed by atoms with Gasteiger partial charge in [0.2, 0.25) is 23.6 Å². The number of carbonyl (C=O) groups excluding carboxylic acids is 6. The van der Waals surface area contributed by atoms with Gasteiger partial charge in [0.15, 0.2) is 11.6 Å². The van der Waals surface area contributed by atoms with Gasteiger partial charge in [0, 0.05) is 204 Å². The van der Waals surface area contributed by atoms with Gasteiger partial charge in [-0.25, -0.2) is 24.1 Å². The highest BCUT2D eigenvalue weighted by molar-refractivity contribution is 6.04.